The van der Waals surface area contributed by atoms with E-state index >= 15 is 0 Å². The highest BCUT2D eigenvalue weighted by Gasteiger charge is 2.35. The molecule has 1 unspecified atom stereocenters. The number of alkyl halides is 3. The van der Waals surface area contributed by atoms with Gasteiger partial charge < -0.3 is 25.2 Å². The highest BCUT2D eigenvalue weighted by atomic mass is 19.4. The SMILES string of the molecule is CCN1CCN(Cc2ccc(NC(=O)N3Cc4cc(Oc5ccnc6c5CCC(=O)N6)cnc4C(C)C3)cc2C(F)(F)F)CC1. The number of likely N-dealkylation sites (N-methyl/N-ethyl adjacent to an activating group) is 1. The smallest absolute Gasteiger partial charge is 0.416 e. The number of urea groups is 1. The predicted octanol–water partition coefficient (Wildman–Crippen LogP) is 5.46. The normalized spacial score (nSPS) is 19.0. The Morgan fingerprint density at radius 1 is 1.09 bits per heavy atom. The molecule has 2 N–H and O–H groups in total. The van der Waals surface area contributed by atoms with Crippen LogP contribution >= 0.6 is 0 Å². The van der Waals surface area contributed by atoms with Crippen molar-refractivity contribution in [2.45, 2.75) is 51.9 Å². The van der Waals surface area contributed by atoms with E-state index in [9.17, 15) is 22.8 Å². The van der Waals surface area contributed by atoms with Crippen LogP contribution in [-0.2, 0) is 30.5 Å². The number of nitrogens with zero attached hydrogens (tertiary/aromatic N) is 5. The van der Waals surface area contributed by atoms with Crippen molar-refractivity contribution in [3.63, 3.8) is 0 Å². The lowest BCUT2D eigenvalue weighted by Gasteiger charge is -2.34. The first-order valence-corrected chi connectivity index (χ1v) is 15.2. The number of aromatic nitrogens is 2. The molecule has 3 aromatic rings. The number of rotatable bonds is 6. The maximum absolute atomic E-state index is 14.1. The number of halogens is 3. The van der Waals surface area contributed by atoms with Gasteiger partial charge in [0.25, 0.3) is 0 Å². The van der Waals surface area contributed by atoms with Crippen LogP contribution in [-0.4, -0.2) is 75.9 Å². The molecule has 3 aliphatic rings. The Bertz CT molecular complexity index is 1590. The van der Waals surface area contributed by atoms with Gasteiger partial charge in [-0.25, -0.2) is 9.78 Å². The number of carbonyl (C=O) groups is 2. The van der Waals surface area contributed by atoms with Crippen molar-refractivity contribution in [1.82, 2.24) is 24.7 Å². The second-order valence-electron chi connectivity index (χ2n) is 11.8. The summed E-state index contributed by atoms with van der Waals surface area (Å²) < 4.78 is 48.5. The van der Waals surface area contributed by atoms with Gasteiger partial charge in [-0.3, -0.25) is 14.7 Å². The summed E-state index contributed by atoms with van der Waals surface area (Å²) in [5.74, 6) is 1.31. The third-order valence-electron chi connectivity index (χ3n) is 8.66. The number of carbonyl (C=O) groups excluding carboxylic acids is 2. The quantitative estimate of drug-likeness (QED) is 0.376. The van der Waals surface area contributed by atoms with E-state index < -0.39 is 17.8 Å². The number of pyridine rings is 2. The van der Waals surface area contributed by atoms with Crippen LogP contribution in [0.15, 0.2) is 42.7 Å². The molecule has 1 saturated heterocycles. The summed E-state index contributed by atoms with van der Waals surface area (Å²) in [5, 5.41) is 5.44. The largest absolute Gasteiger partial charge is 0.455 e. The number of fused-ring (bicyclic) bond motifs is 2. The maximum Gasteiger partial charge on any atom is 0.416 e. The van der Waals surface area contributed by atoms with Crippen LogP contribution in [0.25, 0.3) is 0 Å². The van der Waals surface area contributed by atoms with E-state index in [-0.39, 0.29) is 36.2 Å². The Kier molecular flexibility index (Phi) is 8.65. The fourth-order valence-electron chi connectivity index (χ4n) is 6.21. The van der Waals surface area contributed by atoms with Gasteiger partial charge in [0.05, 0.1) is 17.5 Å². The molecule has 2 aromatic heterocycles. The van der Waals surface area contributed by atoms with Gasteiger partial charge in [0.15, 0.2) is 0 Å². The van der Waals surface area contributed by atoms with Gasteiger partial charge >= 0.3 is 12.2 Å². The number of hydrogen-bond donors (Lipinski definition) is 2. The van der Waals surface area contributed by atoms with Crippen molar-refractivity contribution in [3.05, 3.63) is 70.7 Å². The average molecular weight is 624 g/mol. The number of amides is 3. The van der Waals surface area contributed by atoms with Gasteiger partial charge in [-0.15, -0.1) is 0 Å². The van der Waals surface area contributed by atoms with Crippen LogP contribution in [0.4, 0.5) is 29.5 Å². The zero-order chi connectivity index (χ0) is 31.7. The lowest BCUT2D eigenvalue weighted by atomic mass is 9.96. The third-order valence-corrected chi connectivity index (χ3v) is 8.66. The Morgan fingerprint density at radius 2 is 1.87 bits per heavy atom. The number of nitrogens with one attached hydrogen (secondary N) is 2. The fraction of sp³-hybridized carbons (Fsp3) is 0.438. The number of benzene rings is 1. The highest BCUT2D eigenvalue weighted by Crippen LogP contribution is 2.37. The molecule has 45 heavy (non-hydrogen) atoms. The van der Waals surface area contributed by atoms with E-state index in [0.717, 1.165) is 42.5 Å². The second kappa shape index (κ2) is 12.6. The topological polar surface area (TPSA) is 103 Å². The standard InChI is InChI=1S/C32H36F3N7O3/c1-3-40-10-12-41(13-11-40)18-21-4-5-23(15-26(21)32(33,34)35)38-31(44)42-17-20(2)29-22(19-42)14-24(16-37-29)45-27-8-9-36-30-25(27)6-7-28(43)39-30/h4-5,8-9,14-16,20H,3,6-7,10-13,17-19H2,1-2H3,(H,38,44)(H,36,39,43). The van der Waals surface area contributed by atoms with Crippen LogP contribution in [0.5, 0.6) is 11.5 Å². The van der Waals surface area contributed by atoms with Crippen molar-refractivity contribution >= 4 is 23.4 Å². The van der Waals surface area contributed by atoms with Gasteiger partial charge in [0.1, 0.15) is 17.3 Å². The molecule has 1 aromatic carbocycles. The molecule has 1 atom stereocenters. The van der Waals surface area contributed by atoms with Crippen molar-refractivity contribution in [2.75, 3.05) is 49.9 Å². The number of piperazine rings is 1. The molecule has 5 heterocycles. The van der Waals surface area contributed by atoms with Crippen LogP contribution in [0.2, 0.25) is 0 Å². The van der Waals surface area contributed by atoms with E-state index in [1.54, 1.807) is 23.4 Å². The number of anilines is 2. The summed E-state index contributed by atoms with van der Waals surface area (Å²) in [6.45, 7) is 8.82. The molecule has 238 valence electrons. The molecule has 0 spiro atoms. The average Bonchev–Trinajstić information content (AvgIpc) is 3.01. The Morgan fingerprint density at radius 3 is 2.62 bits per heavy atom. The molecule has 0 saturated carbocycles. The van der Waals surface area contributed by atoms with E-state index in [1.165, 1.54) is 12.1 Å². The number of ether oxygens (including phenoxy) is 1. The van der Waals surface area contributed by atoms with Crippen LogP contribution < -0.4 is 15.4 Å². The summed E-state index contributed by atoms with van der Waals surface area (Å²) in [6.07, 6.45) is -0.530. The molecule has 3 aliphatic heterocycles. The summed E-state index contributed by atoms with van der Waals surface area (Å²) in [7, 11) is 0. The fourth-order valence-corrected chi connectivity index (χ4v) is 6.21. The van der Waals surface area contributed by atoms with Crippen molar-refractivity contribution in [1.29, 1.82) is 0 Å². The zero-order valence-electron chi connectivity index (χ0n) is 25.3. The first-order chi connectivity index (χ1) is 21.6. The summed E-state index contributed by atoms with van der Waals surface area (Å²) >= 11 is 0. The second-order valence-corrected chi connectivity index (χ2v) is 11.8. The molecular weight excluding hydrogens is 587 g/mol. The Labute approximate surface area is 259 Å². The summed E-state index contributed by atoms with van der Waals surface area (Å²) in [4.78, 5) is 39.8. The summed E-state index contributed by atoms with van der Waals surface area (Å²) in [6, 6.07) is 7.10. The molecule has 13 heteroatoms. The minimum atomic E-state index is -4.55. The Hall–Kier alpha value is -4.23. The van der Waals surface area contributed by atoms with Crippen LogP contribution in [0.1, 0.15) is 54.1 Å². The maximum atomic E-state index is 14.1. The van der Waals surface area contributed by atoms with Crippen molar-refractivity contribution in [2.24, 2.45) is 0 Å². The molecular formula is C32H36F3N7O3. The van der Waals surface area contributed by atoms with E-state index in [0.29, 0.717) is 49.8 Å². The van der Waals surface area contributed by atoms with Gasteiger partial charge in [-0.05, 0) is 48.4 Å². The molecule has 3 amide bonds. The van der Waals surface area contributed by atoms with Gasteiger partial charge in [0.2, 0.25) is 5.91 Å². The van der Waals surface area contributed by atoms with E-state index in [4.69, 9.17) is 4.74 Å². The monoisotopic (exact) mass is 623 g/mol. The van der Waals surface area contributed by atoms with Crippen molar-refractivity contribution < 1.29 is 27.5 Å². The number of hydrogen-bond acceptors (Lipinski definition) is 7. The van der Waals surface area contributed by atoms with E-state index in [2.05, 4.69) is 32.4 Å². The molecule has 0 bridgehead atoms. The predicted molar refractivity (Wildman–Crippen MR) is 162 cm³/mol. The van der Waals surface area contributed by atoms with Crippen LogP contribution in [0.3, 0.4) is 0 Å². The van der Waals surface area contributed by atoms with E-state index in [1.807, 2.05) is 17.9 Å². The first kappa shape index (κ1) is 30.8. The Balaban J connectivity index is 1.15. The molecule has 1 fully saturated rings. The minimum Gasteiger partial charge on any atom is -0.455 e. The first-order valence-electron chi connectivity index (χ1n) is 15.2. The van der Waals surface area contributed by atoms with Gasteiger partial charge in [0, 0.05) is 75.6 Å². The van der Waals surface area contributed by atoms with Crippen molar-refractivity contribution in [3.8, 4) is 11.5 Å². The lowest BCUT2D eigenvalue weighted by molar-refractivity contribution is -0.138. The van der Waals surface area contributed by atoms with Crippen LogP contribution in [0, 0.1) is 0 Å². The minimum absolute atomic E-state index is 0.0927. The molecule has 0 aliphatic carbocycles. The highest BCUT2D eigenvalue weighted by molar-refractivity contribution is 5.93. The third kappa shape index (κ3) is 6.89. The molecule has 10 nitrogen and oxygen atoms in total. The summed E-state index contributed by atoms with van der Waals surface area (Å²) in [5.41, 5.74) is 1.97. The molecule has 6 rings (SSSR count). The molecule has 0 radical (unpaired) electrons. The van der Waals surface area contributed by atoms with Gasteiger partial charge in [-0.2, -0.15) is 13.2 Å². The zero-order valence-corrected chi connectivity index (χ0v) is 25.3. The lowest BCUT2D eigenvalue weighted by Crippen LogP contribution is -2.45. The van der Waals surface area contributed by atoms with Gasteiger partial charge in [-0.1, -0.05) is 19.9 Å².